The topological polar surface area (TPSA) is 69.0 Å². The molecule has 1 atom stereocenters. The molecule has 2 aromatic carbocycles. The van der Waals surface area contributed by atoms with Crippen molar-refractivity contribution in [1.29, 1.82) is 0 Å². The van der Waals surface area contributed by atoms with Crippen molar-refractivity contribution in [2.75, 3.05) is 0 Å². The van der Waals surface area contributed by atoms with E-state index in [9.17, 15) is 9.18 Å². The molecular weight excluding hydrogens is 395 g/mol. The van der Waals surface area contributed by atoms with E-state index in [1.165, 1.54) is 12.1 Å². The Morgan fingerprint density at radius 2 is 1.84 bits per heavy atom. The molecule has 7 heteroatoms. The van der Waals surface area contributed by atoms with Crippen LogP contribution in [0.3, 0.4) is 0 Å². The summed E-state index contributed by atoms with van der Waals surface area (Å²) in [5, 5.41) is 8.40. The maximum Gasteiger partial charge on any atom is 0.261 e. The SMILES string of the molecule is Cc1cc(O[C@@H](C)C(=O)NCc2ccc(F)cc2)nc2c1c(C)nn2-c1ccccc1. The molecule has 0 radical (unpaired) electrons. The number of pyridine rings is 1. The van der Waals surface area contributed by atoms with Crippen LogP contribution < -0.4 is 10.1 Å². The maximum atomic E-state index is 13.0. The zero-order chi connectivity index (χ0) is 22.0. The third kappa shape index (κ3) is 4.40. The van der Waals surface area contributed by atoms with Crippen LogP contribution in [0.1, 0.15) is 23.7 Å². The minimum Gasteiger partial charge on any atom is -0.464 e. The molecule has 158 valence electrons. The van der Waals surface area contributed by atoms with Crippen molar-refractivity contribution in [3.05, 3.63) is 83.3 Å². The van der Waals surface area contributed by atoms with Crippen LogP contribution in [-0.2, 0) is 11.3 Å². The second-order valence-corrected chi connectivity index (χ2v) is 7.41. The van der Waals surface area contributed by atoms with E-state index in [0.29, 0.717) is 11.5 Å². The van der Waals surface area contributed by atoms with Crippen molar-refractivity contribution in [1.82, 2.24) is 20.1 Å². The standard InChI is InChI=1S/C24H23FN4O2/c1-15-13-21(31-17(3)24(30)26-14-18-9-11-19(25)12-10-18)27-23-22(15)16(2)28-29(23)20-7-5-4-6-8-20/h4-13,17H,14H2,1-3H3,(H,26,30)/t17-/m0/s1. The average Bonchev–Trinajstić information content (AvgIpc) is 3.10. The molecule has 6 nitrogen and oxygen atoms in total. The highest BCUT2D eigenvalue weighted by molar-refractivity contribution is 5.84. The second-order valence-electron chi connectivity index (χ2n) is 7.41. The van der Waals surface area contributed by atoms with E-state index in [-0.39, 0.29) is 18.3 Å². The minimum absolute atomic E-state index is 0.281. The lowest BCUT2D eigenvalue weighted by Crippen LogP contribution is -2.36. The number of halogens is 1. The summed E-state index contributed by atoms with van der Waals surface area (Å²) in [6.07, 6.45) is -0.751. The number of hydrogen-bond donors (Lipinski definition) is 1. The lowest BCUT2D eigenvalue weighted by atomic mass is 10.1. The lowest BCUT2D eigenvalue weighted by Gasteiger charge is -2.15. The number of ether oxygens (including phenoxy) is 1. The van der Waals surface area contributed by atoms with E-state index in [4.69, 9.17) is 4.74 Å². The van der Waals surface area contributed by atoms with Gasteiger partial charge >= 0.3 is 0 Å². The van der Waals surface area contributed by atoms with Gasteiger partial charge in [0.05, 0.1) is 11.4 Å². The van der Waals surface area contributed by atoms with Gasteiger partial charge in [0.2, 0.25) is 5.88 Å². The Balaban J connectivity index is 1.54. The monoisotopic (exact) mass is 418 g/mol. The van der Waals surface area contributed by atoms with Crippen molar-refractivity contribution in [2.24, 2.45) is 0 Å². The molecule has 0 aliphatic heterocycles. The number of nitrogens with zero attached hydrogens (tertiary/aromatic N) is 3. The van der Waals surface area contributed by atoms with Gasteiger partial charge in [-0.15, -0.1) is 0 Å². The highest BCUT2D eigenvalue weighted by atomic mass is 19.1. The number of benzene rings is 2. The van der Waals surface area contributed by atoms with Crippen LogP contribution in [0.5, 0.6) is 5.88 Å². The van der Waals surface area contributed by atoms with Crippen molar-refractivity contribution in [3.63, 3.8) is 0 Å². The third-order valence-corrected chi connectivity index (χ3v) is 5.03. The fourth-order valence-electron chi connectivity index (χ4n) is 3.45. The van der Waals surface area contributed by atoms with E-state index in [0.717, 1.165) is 27.9 Å². The van der Waals surface area contributed by atoms with Gasteiger partial charge in [-0.25, -0.2) is 9.07 Å². The van der Waals surface area contributed by atoms with Crippen LogP contribution in [0.2, 0.25) is 0 Å². The third-order valence-electron chi connectivity index (χ3n) is 5.03. The molecule has 0 unspecified atom stereocenters. The number of nitrogens with one attached hydrogen (secondary N) is 1. The smallest absolute Gasteiger partial charge is 0.261 e. The van der Waals surface area contributed by atoms with Gasteiger partial charge in [0.25, 0.3) is 5.91 Å². The molecule has 0 spiro atoms. The Morgan fingerprint density at radius 1 is 1.13 bits per heavy atom. The van der Waals surface area contributed by atoms with Gasteiger partial charge in [-0.1, -0.05) is 30.3 Å². The van der Waals surface area contributed by atoms with Crippen LogP contribution in [0.15, 0.2) is 60.7 Å². The van der Waals surface area contributed by atoms with Gasteiger partial charge in [-0.3, -0.25) is 4.79 Å². The first-order valence-corrected chi connectivity index (χ1v) is 10.0. The van der Waals surface area contributed by atoms with Crippen LogP contribution in [0.25, 0.3) is 16.7 Å². The summed E-state index contributed by atoms with van der Waals surface area (Å²) in [5.74, 6) is -0.239. The van der Waals surface area contributed by atoms with Crippen LogP contribution in [0, 0.1) is 19.7 Å². The van der Waals surface area contributed by atoms with E-state index in [1.54, 1.807) is 23.7 Å². The Hall–Kier alpha value is -3.74. The van der Waals surface area contributed by atoms with Crippen molar-refractivity contribution >= 4 is 16.9 Å². The van der Waals surface area contributed by atoms with Crippen LogP contribution in [-0.4, -0.2) is 26.8 Å². The highest BCUT2D eigenvalue weighted by Gasteiger charge is 2.19. The number of carbonyl (C=O) groups excluding carboxylic acids is 1. The molecule has 31 heavy (non-hydrogen) atoms. The van der Waals surface area contributed by atoms with Crippen molar-refractivity contribution < 1.29 is 13.9 Å². The Morgan fingerprint density at radius 3 is 2.55 bits per heavy atom. The number of carbonyl (C=O) groups is 1. The number of aromatic nitrogens is 3. The van der Waals surface area contributed by atoms with Crippen LogP contribution >= 0.6 is 0 Å². The molecule has 4 rings (SSSR count). The van der Waals surface area contributed by atoms with Gasteiger partial charge in [-0.05, 0) is 56.2 Å². The summed E-state index contributed by atoms with van der Waals surface area (Å²) in [7, 11) is 0. The molecule has 0 aliphatic carbocycles. The predicted molar refractivity (Wildman–Crippen MR) is 117 cm³/mol. The first-order chi connectivity index (χ1) is 14.9. The predicted octanol–water partition coefficient (Wildman–Crippen LogP) is 4.26. The number of para-hydroxylation sites is 1. The number of hydrogen-bond acceptors (Lipinski definition) is 4. The summed E-state index contributed by atoms with van der Waals surface area (Å²) in [5.41, 5.74) is 4.23. The zero-order valence-corrected chi connectivity index (χ0v) is 17.6. The van der Waals surface area contributed by atoms with Gasteiger partial charge in [0.15, 0.2) is 11.8 Å². The largest absolute Gasteiger partial charge is 0.464 e. The highest BCUT2D eigenvalue weighted by Crippen LogP contribution is 2.27. The van der Waals surface area contributed by atoms with Crippen LogP contribution in [0.4, 0.5) is 4.39 Å². The number of rotatable bonds is 6. The number of aryl methyl sites for hydroxylation is 2. The second kappa shape index (κ2) is 8.55. The molecule has 0 saturated carbocycles. The molecule has 0 fully saturated rings. The van der Waals surface area contributed by atoms with E-state index in [2.05, 4.69) is 15.4 Å². The van der Waals surface area contributed by atoms with Crippen molar-refractivity contribution in [2.45, 2.75) is 33.4 Å². The fourth-order valence-corrected chi connectivity index (χ4v) is 3.45. The molecular formula is C24H23FN4O2. The Labute approximate surface area is 179 Å². The van der Waals surface area contributed by atoms with E-state index < -0.39 is 6.10 Å². The summed E-state index contributed by atoms with van der Waals surface area (Å²) >= 11 is 0. The number of fused-ring (bicyclic) bond motifs is 1. The van der Waals surface area contributed by atoms with E-state index >= 15 is 0 Å². The summed E-state index contributed by atoms with van der Waals surface area (Å²) in [4.78, 5) is 17.1. The molecule has 1 N–H and O–H groups in total. The molecule has 0 aliphatic rings. The minimum atomic E-state index is -0.751. The lowest BCUT2D eigenvalue weighted by molar-refractivity contribution is -0.127. The summed E-state index contributed by atoms with van der Waals surface area (Å²) < 4.78 is 20.6. The maximum absolute atomic E-state index is 13.0. The van der Waals surface area contributed by atoms with Gasteiger partial charge in [-0.2, -0.15) is 10.1 Å². The van der Waals surface area contributed by atoms with Gasteiger partial charge in [0.1, 0.15) is 5.82 Å². The quantitative estimate of drug-likeness (QED) is 0.508. The Bertz CT molecular complexity index is 1220. The van der Waals surface area contributed by atoms with Gasteiger partial charge < -0.3 is 10.1 Å². The molecule has 0 saturated heterocycles. The van der Waals surface area contributed by atoms with Crippen molar-refractivity contribution in [3.8, 4) is 11.6 Å². The first-order valence-electron chi connectivity index (χ1n) is 10.0. The molecule has 2 aromatic heterocycles. The zero-order valence-electron chi connectivity index (χ0n) is 17.6. The number of amides is 1. The van der Waals surface area contributed by atoms with E-state index in [1.807, 2.05) is 50.2 Å². The fraction of sp³-hybridized carbons (Fsp3) is 0.208. The molecule has 1 amide bonds. The molecule has 0 bridgehead atoms. The summed E-state index contributed by atoms with van der Waals surface area (Å²) in [6.45, 7) is 5.88. The first kappa shape index (κ1) is 20.5. The Kier molecular flexibility index (Phi) is 5.66. The molecule has 2 heterocycles. The summed E-state index contributed by atoms with van der Waals surface area (Å²) in [6, 6.07) is 17.6. The van der Waals surface area contributed by atoms with Gasteiger partial charge in [0, 0.05) is 18.0 Å². The average molecular weight is 418 g/mol. The normalized spacial score (nSPS) is 12.0. The molecule has 4 aromatic rings.